The molecule has 19 heavy (non-hydrogen) atoms. The van der Waals surface area contributed by atoms with Gasteiger partial charge in [-0.25, -0.2) is 4.79 Å². The molecule has 1 saturated heterocycles. The molecule has 5 atom stereocenters. The number of nitrogens with zero attached hydrogens (tertiary/aromatic N) is 1. The van der Waals surface area contributed by atoms with Crippen LogP contribution in [0.5, 0.6) is 0 Å². The summed E-state index contributed by atoms with van der Waals surface area (Å²) in [6.07, 6.45) is -3.98. The summed E-state index contributed by atoms with van der Waals surface area (Å²) < 4.78 is 6.20. The van der Waals surface area contributed by atoms with E-state index in [4.69, 9.17) is 4.74 Å². The molecule has 0 amide bonds. The van der Waals surface area contributed by atoms with E-state index in [1.807, 2.05) is 4.98 Å². The van der Waals surface area contributed by atoms with E-state index in [0.29, 0.717) is 0 Å². The fourth-order valence-electron chi connectivity index (χ4n) is 1.96. The first-order valence-corrected chi connectivity index (χ1v) is 5.59. The van der Waals surface area contributed by atoms with Gasteiger partial charge in [0.15, 0.2) is 6.23 Å². The molecule has 2 heterocycles. The maximum Gasteiger partial charge on any atom is 0.330 e. The molecule has 0 spiro atoms. The molecule has 8 heteroatoms. The number of ether oxygens (including phenoxy) is 1. The van der Waals surface area contributed by atoms with Gasteiger partial charge in [0, 0.05) is 12.3 Å². The lowest BCUT2D eigenvalue weighted by molar-refractivity contribution is -0.0727. The Labute approximate surface area is 107 Å². The monoisotopic (exact) mass is 270 g/mol. The molecule has 0 bridgehead atoms. The van der Waals surface area contributed by atoms with Gasteiger partial charge < -0.3 is 20.1 Å². The van der Waals surface area contributed by atoms with Crippen LogP contribution >= 0.6 is 0 Å². The van der Waals surface area contributed by atoms with Gasteiger partial charge in [-0.1, -0.05) is 6.08 Å². The summed E-state index contributed by atoms with van der Waals surface area (Å²) in [5.74, 6) is 0. The van der Waals surface area contributed by atoms with E-state index in [-0.39, 0.29) is 0 Å². The first-order valence-electron chi connectivity index (χ1n) is 5.59. The molecule has 1 aromatic rings. The molecule has 0 aliphatic carbocycles. The highest BCUT2D eigenvalue weighted by molar-refractivity contribution is 4.99. The summed E-state index contributed by atoms with van der Waals surface area (Å²) in [5.41, 5.74) is -1.37. The quantitative estimate of drug-likeness (QED) is 0.458. The van der Waals surface area contributed by atoms with Gasteiger partial charge in [0.2, 0.25) is 0 Å². The lowest BCUT2D eigenvalue weighted by Crippen LogP contribution is -2.38. The van der Waals surface area contributed by atoms with Crippen LogP contribution in [0.4, 0.5) is 0 Å². The molecule has 1 aliphatic rings. The van der Waals surface area contributed by atoms with E-state index in [1.165, 1.54) is 0 Å². The van der Waals surface area contributed by atoms with Crippen molar-refractivity contribution in [1.82, 2.24) is 9.55 Å². The van der Waals surface area contributed by atoms with Crippen molar-refractivity contribution < 1.29 is 20.1 Å². The zero-order valence-corrected chi connectivity index (χ0v) is 9.84. The van der Waals surface area contributed by atoms with E-state index in [1.54, 1.807) is 0 Å². The van der Waals surface area contributed by atoms with E-state index >= 15 is 0 Å². The predicted octanol–water partition coefficient (Wildman–Crippen LogP) is -2.30. The number of hydrogen-bond donors (Lipinski definition) is 4. The highest BCUT2D eigenvalue weighted by Gasteiger charge is 2.46. The molecule has 4 N–H and O–H groups in total. The molecule has 2 rings (SSSR count). The Balaban J connectivity index is 2.34. The van der Waals surface area contributed by atoms with Crippen LogP contribution in [0.1, 0.15) is 6.23 Å². The number of aliphatic hydroxyl groups is 3. The molecule has 1 aliphatic heterocycles. The van der Waals surface area contributed by atoms with Crippen molar-refractivity contribution in [2.75, 3.05) is 0 Å². The second kappa shape index (κ2) is 5.10. The molecule has 0 aromatic carbocycles. The summed E-state index contributed by atoms with van der Waals surface area (Å²) in [7, 11) is 0. The van der Waals surface area contributed by atoms with Gasteiger partial charge in [0.1, 0.15) is 24.4 Å². The Morgan fingerprint density at radius 2 is 2.11 bits per heavy atom. The topological polar surface area (TPSA) is 125 Å². The van der Waals surface area contributed by atoms with Gasteiger partial charge in [-0.05, 0) is 0 Å². The lowest BCUT2D eigenvalue weighted by atomic mass is 10.1. The summed E-state index contributed by atoms with van der Waals surface area (Å²) in [5, 5.41) is 29.2. The highest BCUT2D eigenvalue weighted by atomic mass is 16.6. The van der Waals surface area contributed by atoms with E-state index in [2.05, 4.69) is 6.58 Å². The third kappa shape index (κ3) is 2.38. The van der Waals surface area contributed by atoms with E-state index in [0.717, 1.165) is 22.9 Å². The molecule has 0 saturated carbocycles. The van der Waals surface area contributed by atoms with Gasteiger partial charge in [-0.15, -0.1) is 6.58 Å². The van der Waals surface area contributed by atoms with Gasteiger partial charge in [0.05, 0.1) is 0 Å². The van der Waals surface area contributed by atoms with Crippen LogP contribution in [-0.4, -0.2) is 49.3 Å². The molecule has 8 nitrogen and oxygen atoms in total. The average Bonchev–Trinajstić information content (AvgIpc) is 2.66. The standard InChI is InChI=1S/C11H14N2O6/c1-2-5(14)9-7(16)8(17)10(19-9)13-4-3-6(15)12-11(13)18/h2-5,7-10,14,16-17H,1H2,(H,12,15,18)/t5?,7-,8-,9+,10?/m0/s1. The first-order chi connectivity index (χ1) is 8.95. The Morgan fingerprint density at radius 3 is 2.68 bits per heavy atom. The van der Waals surface area contributed by atoms with Gasteiger partial charge in [-0.2, -0.15) is 0 Å². The Hall–Kier alpha value is -1.74. The summed E-state index contributed by atoms with van der Waals surface area (Å²) in [4.78, 5) is 24.5. The molecule has 104 valence electrons. The van der Waals surface area contributed by atoms with Crippen LogP contribution in [0.2, 0.25) is 0 Å². The zero-order chi connectivity index (χ0) is 14.2. The number of rotatable bonds is 3. The minimum absolute atomic E-state index is 0.586. The summed E-state index contributed by atoms with van der Waals surface area (Å²) >= 11 is 0. The van der Waals surface area contributed by atoms with Crippen molar-refractivity contribution in [3.63, 3.8) is 0 Å². The molecular weight excluding hydrogens is 256 g/mol. The van der Waals surface area contributed by atoms with E-state index < -0.39 is 41.9 Å². The highest BCUT2D eigenvalue weighted by Crippen LogP contribution is 2.30. The number of hydrogen-bond acceptors (Lipinski definition) is 6. The second-order valence-corrected chi connectivity index (χ2v) is 4.22. The minimum atomic E-state index is -1.41. The maximum absolute atomic E-state index is 11.6. The minimum Gasteiger partial charge on any atom is -0.387 e. The van der Waals surface area contributed by atoms with Gasteiger partial charge >= 0.3 is 5.69 Å². The third-order valence-corrected chi connectivity index (χ3v) is 2.98. The summed E-state index contributed by atoms with van der Waals surface area (Å²) in [6, 6.07) is 1.08. The predicted molar refractivity (Wildman–Crippen MR) is 63.5 cm³/mol. The van der Waals surface area contributed by atoms with Crippen LogP contribution in [0.3, 0.4) is 0 Å². The fourth-order valence-corrected chi connectivity index (χ4v) is 1.96. The molecular formula is C11H14N2O6. The number of aliphatic hydroxyl groups excluding tert-OH is 3. The van der Waals surface area contributed by atoms with Gasteiger partial charge in [0.25, 0.3) is 5.56 Å². The fraction of sp³-hybridized carbons (Fsp3) is 0.455. The molecule has 1 fully saturated rings. The van der Waals surface area contributed by atoms with Crippen LogP contribution in [0.25, 0.3) is 0 Å². The number of aromatic amines is 1. The Kier molecular flexibility index (Phi) is 3.67. The average molecular weight is 270 g/mol. The van der Waals surface area contributed by atoms with E-state index in [9.17, 15) is 24.9 Å². The van der Waals surface area contributed by atoms with Gasteiger partial charge in [-0.3, -0.25) is 14.3 Å². The largest absolute Gasteiger partial charge is 0.387 e. The van der Waals surface area contributed by atoms with Crippen molar-refractivity contribution in [3.8, 4) is 0 Å². The van der Waals surface area contributed by atoms with Crippen molar-refractivity contribution in [3.05, 3.63) is 45.8 Å². The lowest BCUT2D eigenvalue weighted by Gasteiger charge is -2.18. The van der Waals surface area contributed by atoms with Crippen molar-refractivity contribution in [2.24, 2.45) is 0 Å². The molecule has 1 aromatic heterocycles. The van der Waals surface area contributed by atoms with Crippen LogP contribution in [-0.2, 0) is 4.74 Å². The smallest absolute Gasteiger partial charge is 0.330 e. The van der Waals surface area contributed by atoms with Crippen LogP contribution in [0.15, 0.2) is 34.5 Å². The number of aromatic nitrogens is 2. The van der Waals surface area contributed by atoms with Crippen molar-refractivity contribution in [1.29, 1.82) is 0 Å². The normalized spacial score (nSPS) is 32.2. The Bertz CT molecular complexity index is 579. The Morgan fingerprint density at radius 1 is 1.42 bits per heavy atom. The first kappa shape index (κ1) is 13.7. The summed E-state index contributed by atoms with van der Waals surface area (Å²) in [6.45, 7) is 3.35. The van der Waals surface area contributed by atoms with Crippen LogP contribution in [0, 0.1) is 0 Å². The molecule has 2 unspecified atom stereocenters. The molecule has 0 radical (unpaired) electrons. The second-order valence-electron chi connectivity index (χ2n) is 4.22. The number of nitrogens with one attached hydrogen (secondary N) is 1. The van der Waals surface area contributed by atoms with Crippen LogP contribution < -0.4 is 11.2 Å². The van der Waals surface area contributed by atoms with Crippen molar-refractivity contribution in [2.45, 2.75) is 30.6 Å². The zero-order valence-electron chi connectivity index (χ0n) is 9.84. The number of H-pyrrole nitrogens is 1. The third-order valence-electron chi connectivity index (χ3n) is 2.98. The van der Waals surface area contributed by atoms with Crippen molar-refractivity contribution >= 4 is 0 Å². The maximum atomic E-state index is 11.6. The SMILES string of the molecule is C=CC(O)[C@H]1OC(n2ccc(=O)[nH]c2=O)[C@@H](O)[C@@H]1O.